The number of hydrogen-bond donors (Lipinski definition) is 2. The Morgan fingerprint density at radius 2 is 1.78 bits per heavy atom. The molecule has 0 aromatic heterocycles. The molecule has 2 aromatic rings. The zero-order valence-electron chi connectivity index (χ0n) is 21.0. The molecular formula is C28H30BrNO6. The van der Waals surface area contributed by atoms with Gasteiger partial charge >= 0.3 is 5.97 Å². The maximum absolute atomic E-state index is 13.7. The fraction of sp³-hybridized carbons (Fsp3) is 0.357. The molecule has 0 saturated heterocycles. The summed E-state index contributed by atoms with van der Waals surface area (Å²) in [4.78, 5) is 27.0. The number of nitrogens with one attached hydrogen (secondary N) is 1. The largest absolute Gasteiger partial charge is 0.503 e. The number of ketones is 1. The SMILES string of the molecule is COc1ccc([C@@H]2CC(=O)C3=C(C2)NC(C)=C(C(=O)OC(C)C)[C@@H]3c2cc(Br)c(O)c(OC)c2)cc1. The van der Waals surface area contributed by atoms with E-state index < -0.39 is 11.9 Å². The molecular weight excluding hydrogens is 526 g/mol. The quantitative estimate of drug-likeness (QED) is 0.455. The molecule has 0 amide bonds. The van der Waals surface area contributed by atoms with E-state index in [1.165, 1.54) is 7.11 Å². The molecule has 2 aromatic carbocycles. The van der Waals surface area contributed by atoms with Gasteiger partial charge in [0.1, 0.15) is 5.75 Å². The Bertz CT molecular complexity index is 1260. The summed E-state index contributed by atoms with van der Waals surface area (Å²) in [5.74, 6) is -0.244. The highest BCUT2D eigenvalue weighted by atomic mass is 79.9. The van der Waals surface area contributed by atoms with Gasteiger partial charge in [-0.1, -0.05) is 12.1 Å². The van der Waals surface area contributed by atoms with Crippen molar-refractivity contribution in [3.8, 4) is 17.2 Å². The number of phenols is 1. The molecule has 7 nitrogen and oxygen atoms in total. The Balaban J connectivity index is 1.83. The predicted octanol–water partition coefficient (Wildman–Crippen LogP) is 5.49. The first kappa shape index (κ1) is 25.8. The minimum absolute atomic E-state index is 0.00615. The molecule has 0 saturated carbocycles. The Morgan fingerprint density at radius 3 is 2.39 bits per heavy atom. The maximum atomic E-state index is 13.7. The molecule has 0 fully saturated rings. The van der Waals surface area contributed by atoms with Crippen LogP contribution in [0, 0.1) is 0 Å². The van der Waals surface area contributed by atoms with Crippen LogP contribution in [0.15, 0.2) is 63.4 Å². The number of benzene rings is 2. The van der Waals surface area contributed by atoms with Crippen LogP contribution in [0.2, 0.25) is 0 Å². The molecule has 1 aliphatic heterocycles. The number of aromatic hydroxyl groups is 1. The maximum Gasteiger partial charge on any atom is 0.337 e. The predicted molar refractivity (Wildman–Crippen MR) is 139 cm³/mol. The van der Waals surface area contributed by atoms with Gasteiger partial charge in [0.15, 0.2) is 17.3 Å². The number of allylic oxidation sites excluding steroid dienone is 3. The molecule has 2 aliphatic rings. The number of carbonyl (C=O) groups is 2. The third-order valence-electron chi connectivity index (χ3n) is 6.58. The van der Waals surface area contributed by atoms with Gasteiger partial charge in [-0.25, -0.2) is 4.79 Å². The summed E-state index contributed by atoms with van der Waals surface area (Å²) < 4.78 is 16.6. The Hall–Kier alpha value is -3.26. The fourth-order valence-electron chi connectivity index (χ4n) is 4.95. The molecule has 0 radical (unpaired) electrons. The van der Waals surface area contributed by atoms with E-state index in [-0.39, 0.29) is 29.3 Å². The number of phenolic OH excluding ortho intramolecular Hbond substituents is 1. The second kappa shape index (κ2) is 10.4. The van der Waals surface area contributed by atoms with Crippen molar-refractivity contribution in [1.29, 1.82) is 0 Å². The smallest absolute Gasteiger partial charge is 0.337 e. The number of dihydropyridines is 1. The molecule has 1 aliphatic carbocycles. The van der Waals surface area contributed by atoms with Gasteiger partial charge in [-0.3, -0.25) is 4.79 Å². The highest BCUT2D eigenvalue weighted by molar-refractivity contribution is 9.10. The number of halogens is 1. The molecule has 8 heteroatoms. The number of rotatable bonds is 6. The van der Waals surface area contributed by atoms with Crippen LogP contribution < -0.4 is 14.8 Å². The number of methoxy groups -OCH3 is 2. The molecule has 2 atom stereocenters. The van der Waals surface area contributed by atoms with Gasteiger partial charge in [-0.15, -0.1) is 0 Å². The van der Waals surface area contributed by atoms with Crippen LogP contribution in [0.5, 0.6) is 17.2 Å². The van der Waals surface area contributed by atoms with Crippen LogP contribution in [-0.4, -0.2) is 37.2 Å². The lowest BCUT2D eigenvalue weighted by atomic mass is 9.71. The molecule has 4 rings (SSSR count). The van der Waals surface area contributed by atoms with E-state index in [4.69, 9.17) is 14.2 Å². The van der Waals surface area contributed by atoms with E-state index >= 15 is 0 Å². The van der Waals surface area contributed by atoms with Crippen molar-refractivity contribution in [2.45, 2.75) is 51.6 Å². The molecule has 2 N–H and O–H groups in total. The second-order valence-electron chi connectivity index (χ2n) is 9.30. The van der Waals surface area contributed by atoms with Crippen LogP contribution in [-0.2, 0) is 14.3 Å². The van der Waals surface area contributed by atoms with Gasteiger partial charge in [0.05, 0.1) is 30.4 Å². The first-order valence-corrected chi connectivity index (χ1v) is 12.6. The van der Waals surface area contributed by atoms with Gasteiger partial charge in [0, 0.05) is 29.3 Å². The normalized spacial score (nSPS) is 19.7. The van der Waals surface area contributed by atoms with Crippen molar-refractivity contribution in [1.82, 2.24) is 5.32 Å². The first-order chi connectivity index (χ1) is 17.1. The number of ether oxygens (including phenoxy) is 3. The molecule has 1 heterocycles. The highest BCUT2D eigenvalue weighted by Gasteiger charge is 2.42. The average Bonchev–Trinajstić information content (AvgIpc) is 2.84. The van der Waals surface area contributed by atoms with Gasteiger partial charge < -0.3 is 24.6 Å². The minimum atomic E-state index is -0.664. The lowest BCUT2D eigenvalue weighted by Crippen LogP contribution is -2.36. The zero-order valence-corrected chi connectivity index (χ0v) is 22.6. The van der Waals surface area contributed by atoms with Gasteiger partial charge in [0.25, 0.3) is 0 Å². The minimum Gasteiger partial charge on any atom is -0.503 e. The summed E-state index contributed by atoms with van der Waals surface area (Å²) in [7, 11) is 3.08. The Morgan fingerprint density at radius 1 is 1.08 bits per heavy atom. The number of hydrogen-bond acceptors (Lipinski definition) is 7. The standard InChI is InChI=1S/C28H30BrNO6/c1-14(2)36-28(33)24-15(3)30-21-11-17(16-6-8-19(34-4)9-7-16)12-22(31)26(21)25(24)18-10-20(29)27(32)23(13-18)35-5/h6-10,13-14,17,25,30,32H,11-12H2,1-5H3/t17-,25-/m0/s1. The summed E-state index contributed by atoms with van der Waals surface area (Å²) in [5, 5.41) is 13.7. The molecule has 36 heavy (non-hydrogen) atoms. The van der Waals surface area contributed by atoms with Crippen molar-refractivity contribution in [2.24, 2.45) is 0 Å². The molecule has 0 spiro atoms. The summed E-state index contributed by atoms with van der Waals surface area (Å²) in [5.41, 5.74) is 4.04. The molecule has 0 bridgehead atoms. The number of carbonyl (C=O) groups excluding carboxylic acids is 2. The monoisotopic (exact) mass is 555 g/mol. The summed E-state index contributed by atoms with van der Waals surface area (Å²) in [6.45, 7) is 5.39. The van der Waals surface area contributed by atoms with Crippen molar-refractivity contribution in [3.63, 3.8) is 0 Å². The van der Waals surface area contributed by atoms with Crippen LogP contribution >= 0.6 is 15.9 Å². The number of Topliss-reactive ketones (excluding diaryl/α,β-unsaturated/α-hetero) is 1. The number of esters is 1. The summed E-state index contributed by atoms with van der Waals surface area (Å²) in [6.07, 6.45) is 0.603. The Labute approximate surface area is 219 Å². The van der Waals surface area contributed by atoms with Gasteiger partial charge in [-0.2, -0.15) is 0 Å². The van der Waals surface area contributed by atoms with Crippen LogP contribution in [0.25, 0.3) is 0 Å². The van der Waals surface area contributed by atoms with Crippen LogP contribution in [0.3, 0.4) is 0 Å². The van der Waals surface area contributed by atoms with Crippen molar-refractivity contribution >= 4 is 27.7 Å². The topological polar surface area (TPSA) is 94.1 Å². The van der Waals surface area contributed by atoms with E-state index in [1.807, 2.05) is 31.2 Å². The molecule has 0 unspecified atom stereocenters. The van der Waals surface area contributed by atoms with Crippen molar-refractivity contribution < 1.29 is 28.9 Å². The summed E-state index contributed by atoms with van der Waals surface area (Å²) in [6, 6.07) is 11.1. The Kier molecular flexibility index (Phi) is 7.45. The lowest BCUT2D eigenvalue weighted by Gasteiger charge is -2.37. The average molecular weight is 556 g/mol. The first-order valence-electron chi connectivity index (χ1n) is 11.8. The zero-order chi connectivity index (χ0) is 26.1. The third-order valence-corrected chi connectivity index (χ3v) is 7.19. The van der Waals surface area contributed by atoms with E-state index in [2.05, 4.69) is 21.2 Å². The van der Waals surface area contributed by atoms with E-state index in [1.54, 1.807) is 33.1 Å². The fourth-order valence-corrected chi connectivity index (χ4v) is 5.41. The van der Waals surface area contributed by atoms with E-state index in [0.717, 1.165) is 17.0 Å². The highest BCUT2D eigenvalue weighted by Crippen LogP contribution is 2.48. The van der Waals surface area contributed by atoms with Crippen LogP contribution in [0.1, 0.15) is 56.6 Å². The van der Waals surface area contributed by atoms with Crippen molar-refractivity contribution in [2.75, 3.05) is 14.2 Å². The van der Waals surface area contributed by atoms with Gasteiger partial charge in [0.2, 0.25) is 0 Å². The van der Waals surface area contributed by atoms with E-state index in [0.29, 0.717) is 39.7 Å². The van der Waals surface area contributed by atoms with Crippen molar-refractivity contribution in [3.05, 3.63) is 74.5 Å². The second-order valence-corrected chi connectivity index (χ2v) is 10.2. The van der Waals surface area contributed by atoms with E-state index in [9.17, 15) is 14.7 Å². The third kappa shape index (κ3) is 4.87. The van der Waals surface area contributed by atoms with Gasteiger partial charge in [-0.05, 0) is 84.4 Å². The van der Waals surface area contributed by atoms with Crippen LogP contribution in [0.4, 0.5) is 0 Å². The molecule has 190 valence electrons. The lowest BCUT2D eigenvalue weighted by molar-refractivity contribution is -0.143. The summed E-state index contributed by atoms with van der Waals surface area (Å²) >= 11 is 3.38.